The second-order valence-corrected chi connectivity index (χ2v) is 4.93. The minimum Gasteiger partial charge on any atom is -0.358 e. The highest BCUT2D eigenvalue weighted by Gasteiger charge is 2.23. The molecule has 0 bridgehead atoms. The molecule has 1 rings (SSSR count). The molecule has 0 radical (unpaired) electrons. The van der Waals surface area contributed by atoms with Crippen molar-refractivity contribution in [1.82, 2.24) is 9.47 Å². The third kappa shape index (κ3) is 3.22. The van der Waals surface area contributed by atoms with Crippen molar-refractivity contribution in [2.45, 2.75) is 18.7 Å². The first kappa shape index (κ1) is 14.5. The van der Waals surface area contributed by atoms with Crippen LogP contribution in [0.5, 0.6) is 0 Å². The number of carbonyl (C=O) groups excluding carboxylic acids is 1. The third-order valence-electron chi connectivity index (χ3n) is 2.71. The highest BCUT2D eigenvalue weighted by molar-refractivity contribution is 6.20. The van der Waals surface area contributed by atoms with Crippen LogP contribution >= 0.6 is 11.6 Å². The zero-order chi connectivity index (χ0) is 13.9. The van der Waals surface area contributed by atoms with Gasteiger partial charge in [-0.15, -0.1) is 11.6 Å². The molecule has 0 N–H and O–H groups in total. The normalized spacial score (nSPS) is 12.2. The summed E-state index contributed by atoms with van der Waals surface area (Å²) < 4.78 is 1.28. The second-order valence-electron chi connectivity index (χ2n) is 4.19. The molecule has 0 spiro atoms. The molecule has 100 valence electrons. The van der Waals surface area contributed by atoms with Crippen LogP contribution in [0.25, 0.3) is 0 Å². The zero-order valence-corrected chi connectivity index (χ0v) is 11.3. The third-order valence-corrected chi connectivity index (χ3v) is 2.93. The molecule has 1 heterocycles. The summed E-state index contributed by atoms with van der Waals surface area (Å²) in [5, 5.41) is 10.7. The monoisotopic (exact) mass is 273 g/mol. The molecule has 18 heavy (non-hydrogen) atoms. The Balaban J connectivity index is 2.81. The number of hydrogen-bond acceptors (Lipinski definition) is 3. The fourth-order valence-corrected chi connectivity index (χ4v) is 1.66. The number of halogens is 1. The molecule has 0 aliphatic heterocycles. The molecule has 1 aromatic heterocycles. The van der Waals surface area contributed by atoms with E-state index in [1.807, 2.05) is 6.92 Å². The number of aromatic nitrogens is 1. The summed E-state index contributed by atoms with van der Waals surface area (Å²) in [5.74, 6) is -0.347. The summed E-state index contributed by atoms with van der Waals surface area (Å²) in [6.45, 7) is 2.37. The van der Waals surface area contributed by atoms with Crippen molar-refractivity contribution in [2.75, 3.05) is 13.6 Å². The molecule has 0 saturated heterocycles. The van der Waals surface area contributed by atoms with Gasteiger partial charge in [0, 0.05) is 25.0 Å². The Kier molecular flexibility index (Phi) is 4.72. The van der Waals surface area contributed by atoms with Crippen LogP contribution in [0.4, 0.5) is 5.82 Å². The van der Waals surface area contributed by atoms with Gasteiger partial charge in [-0.3, -0.25) is 4.79 Å². The number of carbonyl (C=O) groups is 1. The first-order chi connectivity index (χ1) is 8.34. The number of nitro groups is 1. The molecule has 1 unspecified atom stereocenters. The van der Waals surface area contributed by atoms with Gasteiger partial charge in [-0.05, 0) is 24.3 Å². The van der Waals surface area contributed by atoms with Gasteiger partial charge in [-0.25, -0.2) is 4.57 Å². The Hall–Kier alpha value is -1.56. The number of amides is 1. The zero-order valence-electron chi connectivity index (χ0n) is 10.6. The largest absolute Gasteiger partial charge is 0.358 e. The fraction of sp³-hybridized carbons (Fsp3) is 0.545. The molecule has 0 fully saturated rings. The Morgan fingerprint density at radius 3 is 2.67 bits per heavy atom. The maximum Gasteiger partial charge on any atom is 0.323 e. The average Bonchev–Trinajstić information content (AvgIpc) is 2.66. The lowest BCUT2D eigenvalue weighted by Gasteiger charge is -2.16. The highest BCUT2D eigenvalue weighted by Crippen LogP contribution is 2.16. The summed E-state index contributed by atoms with van der Waals surface area (Å²) >= 11 is 5.82. The van der Waals surface area contributed by atoms with Gasteiger partial charge < -0.3 is 15.0 Å². The minimum absolute atomic E-state index is 0.0111. The van der Waals surface area contributed by atoms with Gasteiger partial charge in [0.05, 0.1) is 7.05 Å². The average molecular weight is 274 g/mol. The summed E-state index contributed by atoms with van der Waals surface area (Å²) in [6.07, 6.45) is 0.677. The van der Waals surface area contributed by atoms with Crippen molar-refractivity contribution in [1.29, 1.82) is 0 Å². The smallest absolute Gasteiger partial charge is 0.323 e. The molecule has 0 aliphatic rings. The molecule has 7 heteroatoms. The number of hydrogen-bond donors (Lipinski definition) is 0. The van der Waals surface area contributed by atoms with E-state index in [4.69, 9.17) is 11.6 Å². The van der Waals surface area contributed by atoms with Crippen LogP contribution in [-0.2, 0) is 7.05 Å². The van der Waals surface area contributed by atoms with Crippen molar-refractivity contribution < 1.29 is 9.72 Å². The molecular weight excluding hydrogens is 258 g/mol. The van der Waals surface area contributed by atoms with Gasteiger partial charge in [-0.1, -0.05) is 0 Å². The summed E-state index contributed by atoms with van der Waals surface area (Å²) in [6, 6.07) is 2.78. The number of nitrogens with zero attached hydrogens (tertiary/aromatic N) is 3. The van der Waals surface area contributed by atoms with E-state index in [1.54, 1.807) is 7.05 Å². The Morgan fingerprint density at radius 1 is 1.61 bits per heavy atom. The Bertz CT molecular complexity index is 456. The van der Waals surface area contributed by atoms with Crippen molar-refractivity contribution in [2.24, 2.45) is 7.05 Å². The second kappa shape index (κ2) is 5.86. The molecular formula is C11H16ClN3O3. The summed E-state index contributed by atoms with van der Waals surface area (Å²) in [5.41, 5.74) is 0.298. The number of rotatable bonds is 5. The molecule has 1 amide bonds. The minimum atomic E-state index is -0.516. The molecule has 1 atom stereocenters. The van der Waals surface area contributed by atoms with Gasteiger partial charge in [-0.2, -0.15) is 0 Å². The van der Waals surface area contributed by atoms with Crippen LogP contribution in [0.2, 0.25) is 0 Å². The van der Waals surface area contributed by atoms with E-state index >= 15 is 0 Å². The molecule has 0 saturated carbocycles. The maximum absolute atomic E-state index is 12.1. The molecule has 1 aromatic rings. The van der Waals surface area contributed by atoms with Crippen LogP contribution < -0.4 is 0 Å². The van der Waals surface area contributed by atoms with Gasteiger partial charge in [0.1, 0.15) is 0 Å². The van der Waals surface area contributed by atoms with Crippen molar-refractivity contribution in [3.05, 3.63) is 27.9 Å². The van der Waals surface area contributed by atoms with Gasteiger partial charge in [0.2, 0.25) is 0 Å². The molecule has 6 nitrogen and oxygen atoms in total. The van der Waals surface area contributed by atoms with Crippen LogP contribution in [0, 0.1) is 10.1 Å². The van der Waals surface area contributed by atoms with E-state index in [2.05, 4.69) is 0 Å². The quantitative estimate of drug-likeness (QED) is 0.468. The van der Waals surface area contributed by atoms with E-state index in [-0.39, 0.29) is 17.1 Å². The summed E-state index contributed by atoms with van der Waals surface area (Å²) in [4.78, 5) is 23.7. The first-order valence-corrected chi connectivity index (χ1v) is 5.98. The lowest BCUT2D eigenvalue weighted by Crippen LogP contribution is -2.30. The van der Waals surface area contributed by atoms with Crippen molar-refractivity contribution in [3.8, 4) is 0 Å². The van der Waals surface area contributed by atoms with Crippen LogP contribution in [0.1, 0.15) is 23.8 Å². The van der Waals surface area contributed by atoms with Crippen LogP contribution in [-0.4, -0.2) is 39.3 Å². The Labute approximate surface area is 110 Å². The molecule has 0 aliphatic carbocycles. The SMILES string of the molecule is CC(Cl)CCN(C)C(=O)c1ccc([N+](=O)[O-])n1C. The maximum atomic E-state index is 12.1. The molecule has 0 aromatic carbocycles. The fourth-order valence-electron chi connectivity index (χ4n) is 1.57. The van der Waals surface area contributed by atoms with E-state index in [0.717, 1.165) is 0 Å². The standard InChI is InChI=1S/C11H16ClN3O3/c1-8(12)6-7-13(2)11(16)9-4-5-10(14(9)3)15(17)18/h4-5,8H,6-7H2,1-3H3. The van der Waals surface area contributed by atoms with E-state index in [9.17, 15) is 14.9 Å². The van der Waals surface area contributed by atoms with E-state index in [1.165, 1.54) is 28.6 Å². The highest BCUT2D eigenvalue weighted by atomic mass is 35.5. The first-order valence-electron chi connectivity index (χ1n) is 5.54. The van der Waals surface area contributed by atoms with Gasteiger partial charge >= 0.3 is 5.82 Å². The van der Waals surface area contributed by atoms with Crippen molar-refractivity contribution in [3.63, 3.8) is 0 Å². The Morgan fingerprint density at radius 2 is 2.22 bits per heavy atom. The van der Waals surface area contributed by atoms with Crippen LogP contribution in [0.3, 0.4) is 0 Å². The topological polar surface area (TPSA) is 68.4 Å². The van der Waals surface area contributed by atoms with Crippen LogP contribution in [0.15, 0.2) is 12.1 Å². The summed E-state index contributed by atoms with van der Waals surface area (Å²) in [7, 11) is 3.16. The lowest BCUT2D eigenvalue weighted by molar-refractivity contribution is -0.391. The number of alkyl halides is 1. The van der Waals surface area contributed by atoms with Crippen molar-refractivity contribution >= 4 is 23.3 Å². The lowest BCUT2D eigenvalue weighted by atomic mass is 10.3. The predicted octanol–water partition coefficient (Wildman–Crippen LogP) is 2.02. The van der Waals surface area contributed by atoms with Gasteiger partial charge in [0.25, 0.3) is 5.91 Å². The van der Waals surface area contributed by atoms with Gasteiger partial charge in [0.15, 0.2) is 5.69 Å². The van der Waals surface area contributed by atoms with E-state index < -0.39 is 4.92 Å². The predicted molar refractivity (Wildman–Crippen MR) is 69.0 cm³/mol. The van der Waals surface area contributed by atoms with E-state index in [0.29, 0.717) is 18.7 Å².